The average molecular weight is 250 g/mol. The molecule has 2 N–H and O–H groups in total. The molecule has 2 rings (SSSR count). The second-order valence-corrected chi connectivity index (χ2v) is 4.49. The van der Waals surface area contributed by atoms with Crippen LogP contribution in [0.25, 0.3) is 0 Å². The highest BCUT2D eigenvalue weighted by Crippen LogP contribution is 2.30. The number of nitriles is 1. The molecule has 0 spiro atoms. The van der Waals surface area contributed by atoms with Gasteiger partial charge in [0.2, 0.25) is 5.91 Å². The lowest BCUT2D eigenvalue weighted by molar-refractivity contribution is -0.121. The second kappa shape index (κ2) is 4.64. The minimum Gasteiger partial charge on any atom is -0.370 e. The van der Waals surface area contributed by atoms with E-state index in [0.717, 1.165) is 18.7 Å². The zero-order chi connectivity index (χ0) is 12.4. The quantitative estimate of drug-likeness (QED) is 0.864. The first kappa shape index (κ1) is 11.7. The van der Waals surface area contributed by atoms with Crippen LogP contribution in [0.4, 0.5) is 5.69 Å². The fourth-order valence-electron chi connectivity index (χ4n) is 2.10. The number of hydrogen-bond acceptors (Lipinski definition) is 3. The molecular weight excluding hydrogens is 238 g/mol. The van der Waals surface area contributed by atoms with Crippen LogP contribution in [-0.2, 0) is 4.79 Å². The Labute approximate surface area is 105 Å². The van der Waals surface area contributed by atoms with Crippen LogP contribution >= 0.6 is 11.6 Å². The Bertz CT molecular complexity index is 495. The summed E-state index contributed by atoms with van der Waals surface area (Å²) in [6.45, 7) is 1.28. The molecule has 1 atom stereocenters. The van der Waals surface area contributed by atoms with E-state index in [2.05, 4.69) is 6.07 Å². The van der Waals surface area contributed by atoms with E-state index >= 15 is 0 Å². The Morgan fingerprint density at radius 3 is 2.94 bits per heavy atom. The van der Waals surface area contributed by atoms with Gasteiger partial charge in [-0.05, 0) is 18.6 Å². The minimum absolute atomic E-state index is 0.138. The smallest absolute Gasteiger partial charge is 0.222 e. The number of nitrogens with zero attached hydrogens (tertiary/aromatic N) is 2. The molecule has 88 valence electrons. The van der Waals surface area contributed by atoms with Crippen molar-refractivity contribution in [2.75, 3.05) is 18.0 Å². The van der Waals surface area contributed by atoms with Crippen molar-refractivity contribution in [3.8, 4) is 6.07 Å². The SMILES string of the molecule is N#Cc1c(Cl)cccc1N1CCC(C(N)=O)C1. The predicted octanol–water partition coefficient (Wildman–Crippen LogP) is 1.52. The van der Waals surface area contributed by atoms with Gasteiger partial charge < -0.3 is 10.6 Å². The lowest BCUT2D eigenvalue weighted by Gasteiger charge is -2.19. The van der Waals surface area contributed by atoms with Gasteiger partial charge in [0.15, 0.2) is 0 Å². The summed E-state index contributed by atoms with van der Waals surface area (Å²) in [5.41, 5.74) is 6.52. The van der Waals surface area contributed by atoms with Crippen molar-refractivity contribution in [1.29, 1.82) is 5.26 Å². The van der Waals surface area contributed by atoms with Crippen molar-refractivity contribution < 1.29 is 4.79 Å². The van der Waals surface area contributed by atoms with Crippen LogP contribution in [0.3, 0.4) is 0 Å². The molecule has 0 saturated carbocycles. The lowest BCUT2D eigenvalue weighted by atomic mass is 10.1. The van der Waals surface area contributed by atoms with Crippen molar-refractivity contribution in [3.05, 3.63) is 28.8 Å². The molecule has 4 nitrogen and oxygen atoms in total. The van der Waals surface area contributed by atoms with Crippen molar-refractivity contribution in [2.24, 2.45) is 11.7 Å². The largest absolute Gasteiger partial charge is 0.370 e. The number of primary amides is 1. The molecule has 0 aromatic heterocycles. The van der Waals surface area contributed by atoms with Gasteiger partial charge in [-0.1, -0.05) is 17.7 Å². The van der Waals surface area contributed by atoms with Gasteiger partial charge in [-0.25, -0.2) is 0 Å². The van der Waals surface area contributed by atoms with Gasteiger partial charge in [0.1, 0.15) is 6.07 Å². The molecule has 5 heteroatoms. The molecule has 1 heterocycles. The first-order valence-electron chi connectivity index (χ1n) is 5.36. The summed E-state index contributed by atoms with van der Waals surface area (Å²) in [7, 11) is 0. The third kappa shape index (κ3) is 2.20. The van der Waals surface area contributed by atoms with Crippen molar-refractivity contribution in [3.63, 3.8) is 0 Å². The topological polar surface area (TPSA) is 70.1 Å². The van der Waals surface area contributed by atoms with E-state index in [4.69, 9.17) is 22.6 Å². The summed E-state index contributed by atoms with van der Waals surface area (Å²) >= 11 is 5.97. The van der Waals surface area contributed by atoms with E-state index in [1.54, 1.807) is 12.1 Å². The van der Waals surface area contributed by atoms with Crippen LogP contribution in [0, 0.1) is 17.2 Å². The van der Waals surface area contributed by atoms with Crippen molar-refractivity contribution in [2.45, 2.75) is 6.42 Å². The number of nitrogens with two attached hydrogens (primary N) is 1. The highest BCUT2D eigenvalue weighted by Gasteiger charge is 2.28. The van der Waals surface area contributed by atoms with Crippen LogP contribution in [0.15, 0.2) is 18.2 Å². The maximum atomic E-state index is 11.1. The molecule has 0 bridgehead atoms. The number of halogens is 1. The Morgan fingerprint density at radius 1 is 1.59 bits per heavy atom. The predicted molar refractivity (Wildman–Crippen MR) is 65.7 cm³/mol. The van der Waals surface area contributed by atoms with Crippen LogP contribution in [0.2, 0.25) is 5.02 Å². The van der Waals surface area contributed by atoms with Gasteiger partial charge in [0.05, 0.1) is 22.2 Å². The molecule has 0 radical (unpaired) electrons. The molecule has 1 aromatic carbocycles. The van der Waals surface area contributed by atoms with E-state index in [1.165, 1.54) is 0 Å². The van der Waals surface area contributed by atoms with Crippen LogP contribution in [0.1, 0.15) is 12.0 Å². The Kier molecular flexibility index (Phi) is 3.21. The fraction of sp³-hybridized carbons (Fsp3) is 0.333. The highest BCUT2D eigenvalue weighted by molar-refractivity contribution is 6.32. The first-order chi connectivity index (χ1) is 8.13. The number of benzene rings is 1. The molecule has 1 aliphatic rings. The van der Waals surface area contributed by atoms with Crippen LogP contribution in [-0.4, -0.2) is 19.0 Å². The van der Waals surface area contributed by atoms with E-state index in [-0.39, 0.29) is 11.8 Å². The summed E-state index contributed by atoms with van der Waals surface area (Å²) in [6, 6.07) is 7.42. The Balaban J connectivity index is 2.28. The molecule has 1 saturated heterocycles. The van der Waals surface area contributed by atoms with Crippen LogP contribution < -0.4 is 10.6 Å². The van der Waals surface area contributed by atoms with Gasteiger partial charge in [0, 0.05) is 13.1 Å². The number of hydrogen-bond donors (Lipinski definition) is 1. The Hall–Kier alpha value is -1.73. The Morgan fingerprint density at radius 2 is 2.35 bits per heavy atom. The van der Waals surface area contributed by atoms with E-state index < -0.39 is 0 Å². The van der Waals surface area contributed by atoms with E-state index in [1.807, 2.05) is 11.0 Å². The average Bonchev–Trinajstić information content (AvgIpc) is 2.77. The fourth-order valence-corrected chi connectivity index (χ4v) is 2.31. The standard InChI is InChI=1S/C12H12ClN3O/c13-10-2-1-3-11(9(10)6-14)16-5-4-8(7-16)12(15)17/h1-3,8H,4-5,7H2,(H2,15,17). The van der Waals surface area contributed by atoms with E-state index in [9.17, 15) is 4.79 Å². The minimum atomic E-state index is -0.284. The van der Waals surface area contributed by atoms with Gasteiger partial charge >= 0.3 is 0 Å². The lowest BCUT2D eigenvalue weighted by Crippen LogP contribution is -2.27. The zero-order valence-corrected chi connectivity index (χ0v) is 9.94. The summed E-state index contributed by atoms with van der Waals surface area (Å²) < 4.78 is 0. The maximum Gasteiger partial charge on any atom is 0.222 e. The molecule has 0 aliphatic carbocycles. The molecule has 1 amide bonds. The molecular formula is C12H12ClN3O. The number of amides is 1. The highest BCUT2D eigenvalue weighted by atomic mass is 35.5. The second-order valence-electron chi connectivity index (χ2n) is 4.08. The van der Waals surface area contributed by atoms with Crippen molar-refractivity contribution in [1.82, 2.24) is 0 Å². The summed E-state index contributed by atoms with van der Waals surface area (Å²) in [6.07, 6.45) is 0.729. The number of carbonyl (C=O) groups is 1. The zero-order valence-electron chi connectivity index (χ0n) is 9.19. The normalized spacial score (nSPS) is 19.1. The maximum absolute atomic E-state index is 11.1. The van der Waals surface area contributed by atoms with Gasteiger partial charge in [-0.2, -0.15) is 5.26 Å². The third-order valence-electron chi connectivity index (χ3n) is 3.03. The number of anilines is 1. The number of carbonyl (C=O) groups excluding carboxylic acids is 1. The van der Waals surface area contributed by atoms with E-state index in [0.29, 0.717) is 17.1 Å². The van der Waals surface area contributed by atoms with Gasteiger partial charge in [-0.3, -0.25) is 4.79 Å². The molecule has 1 unspecified atom stereocenters. The van der Waals surface area contributed by atoms with Crippen LogP contribution in [0.5, 0.6) is 0 Å². The monoisotopic (exact) mass is 249 g/mol. The molecule has 17 heavy (non-hydrogen) atoms. The number of rotatable bonds is 2. The van der Waals surface area contributed by atoms with Gasteiger partial charge in [0.25, 0.3) is 0 Å². The molecule has 1 fully saturated rings. The van der Waals surface area contributed by atoms with Gasteiger partial charge in [-0.15, -0.1) is 0 Å². The summed E-state index contributed by atoms with van der Waals surface area (Å²) in [4.78, 5) is 13.1. The summed E-state index contributed by atoms with van der Waals surface area (Å²) in [5, 5.41) is 9.52. The third-order valence-corrected chi connectivity index (χ3v) is 3.35. The molecule has 1 aliphatic heterocycles. The molecule has 1 aromatic rings. The van der Waals surface area contributed by atoms with Crippen molar-refractivity contribution >= 4 is 23.2 Å². The summed E-state index contributed by atoms with van der Waals surface area (Å²) in [5.74, 6) is -0.423. The first-order valence-corrected chi connectivity index (χ1v) is 5.74.